The van der Waals surface area contributed by atoms with Crippen LogP contribution in [0, 0.1) is 11.3 Å². The third-order valence-corrected chi connectivity index (χ3v) is 5.05. The minimum Gasteiger partial charge on any atom is -0.275 e. The van der Waals surface area contributed by atoms with Gasteiger partial charge in [0.05, 0.1) is 22.3 Å². The van der Waals surface area contributed by atoms with Crippen LogP contribution in [0.5, 0.6) is 0 Å². The summed E-state index contributed by atoms with van der Waals surface area (Å²) in [5.41, 5.74) is 2.47. The second kappa shape index (κ2) is 6.84. The number of nitriles is 1. The number of benzene rings is 1. The molecule has 7 nitrogen and oxygen atoms in total. The Morgan fingerprint density at radius 1 is 1.20 bits per heavy atom. The summed E-state index contributed by atoms with van der Waals surface area (Å²) in [6.07, 6.45) is 5.17. The van der Waals surface area contributed by atoms with Crippen LogP contribution in [0.2, 0.25) is 0 Å². The molecule has 126 valence electrons. The largest absolute Gasteiger partial charge is 0.275 e. The normalized spacial score (nSPS) is 11.2. The Hall–Kier alpha value is -3.02. The highest BCUT2D eigenvalue weighted by molar-refractivity contribution is 7.89. The molecule has 3 rings (SSSR count). The van der Waals surface area contributed by atoms with Crippen molar-refractivity contribution in [2.24, 2.45) is 7.05 Å². The van der Waals surface area contributed by atoms with Gasteiger partial charge in [0.15, 0.2) is 0 Å². The van der Waals surface area contributed by atoms with Crippen LogP contribution >= 0.6 is 0 Å². The fourth-order valence-electron chi connectivity index (χ4n) is 2.30. The lowest BCUT2D eigenvalue weighted by molar-refractivity contribution is 0.581. The smallest absolute Gasteiger partial charge is 0.242 e. The van der Waals surface area contributed by atoms with Gasteiger partial charge in [0.25, 0.3) is 0 Å². The monoisotopic (exact) mass is 353 g/mol. The lowest BCUT2D eigenvalue weighted by Crippen LogP contribution is -2.24. The molecule has 0 saturated carbocycles. The zero-order chi connectivity index (χ0) is 17.9. The average molecular weight is 353 g/mol. The first-order valence-corrected chi connectivity index (χ1v) is 8.90. The topological polar surface area (TPSA) is 101 Å². The second-order valence-electron chi connectivity index (χ2n) is 5.39. The number of nitrogens with zero attached hydrogens (tertiary/aromatic N) is 4. The lowest BCUT2D eigenvalue weighted by atomic mass is 10.2. The third kappa shape index (κ3) is 3.74. The molecule has 0 amide bonds. The van der Waals surface area contributed by atoms with E-state index in [0.29, 0.717) is 5.56 Å². The fraction of sp³-hybridized carbons (Fsp3) is 0.118. The molecule has 3 aromatic rings. The van der Waals surface area contributed by atoms with Gasteiger partial charge >= 0.3 is 0 Å². The van der Waals surface area contributed by atoms with E-state index in [0.717, 1.165) is 11.3 Å². The van der Waals surface area contributed by atoms with E-state index in [9.17, 15) is 8.42 Å². The summed E-state index contributed by atoms with van der Waals surface area (Å²) < 4.78 is 28.9. The molecule has 2 aromatic heterocycles. The van der Waals surface area contributed by atoms with Crippen molar-refractivity contribution in [2.45, 2.75) is 11.4 Å². The van der Waals surface area contributed by atoms with Gasteiger partial charge in [-0.05, 0) is 23.8 Å². The Labute approximate surface area is 145 Å². The maximum atomic E-state index is 12.4. The molecule has 25 heavy (non-hydrogen) atoms. The molecule has 0 saturated heterocycles. The van der Waals surface area contributed by atoms with E-state index in [4.69, 9.17) is 5.26 Å². The van der Waals surface area contributed by atoms with E-state index >= 15 is 0 Å². The Bertz CT molecular complexity index is 1030. The standard InChI is InChI=1S/C17H15N5O2S/c1-22-12-15(11-20-22)16-7-6-13(9-19-16)10-21-25(23,24)17-5-3-2-4-14(17)8-18/h2-7,9,11-12,21H,10H2,1H3. The predicted molar refractivity (Wildman–Crippen MR) is 91.6 cm³/mol. The van der Waals surface area contributed by atoms with E-state index in [-0.39, 0.29) is 17.0 Å². The van der Waals surface area contributed by atoms with E-state index in [1.54, 1.807) is 35.3 Å². The van der Waals surface area contributed by atoms with Gasteiger partial charge in [-0.1, -0.05) is 18.2 Å². The molecule has 0 aliphatic heterocycles. The molecule has 0 aliphatic rings. The molecule has 0 aliphatic carbocycles. The summed E-state index contributed by atoms with van der Waals surface area (Å²) in [6.45, 7) is 0.0857. The number of hydrogen-bond acceptors (Lipinski definition) is 5. The first kappa shape index (κ1) is 16.8. The number of rotatable bonds is 5. The van der Waals surface area contributed by atoms with Crippen LogP contribution in [0.25, 0.3) is 11.3 Å². The van der Waals surface area contributed by atoms with Gasteiger partial charge in [-0.2, -0.15) is 10.4 Å². The van der Waals surface area contributed by atoms with Crippen molar-refractivity contribution in [1.29, 1.82) is 5.26 Å². The maximum absolute atomic E-state index is 12.4. The van der Waals surface area contributed by atoms with Gasteiger partial charge in [0.2, 0.25) is 10.0 Å². The molecule has 1 N–H and O–H groups in total. The highest BCUT2D eigenvalue weighted by atomic mass is 32.2. The van der Waals surface area contributed by atoms with Gasteiger partial charge in [-0.3, -0.25) is 9.67 Å². The van der Waals surface area contributed by atoms with Crippen molar-refractivity contribution in [1.82, 2.24) is 19.5 Å². The SMILES string of the molecule is Cn1cc(-c2ccc(CNS(=O)(=O)c3ccccc3C#N)cn2)cn1. The lowest BCUT2D eigenvalue weighted by Gasteiger charge is -2.08. The van der Waals surface area contributed by atoms with Crippen molar-refractivity contribution in [3.8, 4) is 17.3 Å². The number of hydrogen-bond donors (Lipinski definition) is 1. The molecule has 0 bridgehead atoms. The minimum absolute atomic E-state index is 0.0301. The summed E-state index contributed by atoms with van der Waals surface area (Å²) in [4.78, 5) is 4.30. The van der Waals surface area contributed by atoms with E-state index in [1.807, 2.05) is 25.4 Å². The van der Waals surface area contributed by atoms with Crippen LogP contribution in [0.15, 0.2) is 59.9 Å². The van der Waals surface area contributed by atoms with Crippen molar-refractivity contribution >= 4 is 10.0 Å². The Balaban J connectivity index is 1.74. The third-order valence-electron chi connectivity index (χ3n) is 3.59. The van der Waals surface area contributed by atoms with Crippen LogP contribution in [0.4, 0.5) is 0 Å². The Morgan fingerprint density at radius 3 is 2.64 bits per heavy atom. The van der Waals surface area contributed by atoms with Crippen molar-refractivity contribution < 1.29 is 8.42 Å². The summed E-state index contributed by atoms with van der Waals surface area (Å²) in [7, 11) is -1.95. The molecular weight excluding hydrogens is 338 g/mol. The van der Waals surface area contributed by atoms with Crippen molar-refractivity contribution in [3.05, 3.63) is 66.1 Å². The maximum Gasteiger partial charge on any atom is 0.242 e. The first-order valence-electron chi connectivity index (χ1n) is 7.42. The summed E-state index contributed by atoms with van der Waals surface area (Å²) >= 11 is 0. The Morgan fingerprint density at radius 2 is 2.00 bits per heavy atom. The molecule has 0 radical (unpaired) electrons. The highest BCUT2D eigenvalue weighted by Crippen LogP contribution is 2.17. The number of pyridine rings is 1. The number of nitrogens with one attached hydrogen (secondary N) is 1. The van der Waals surface area contributed by atoms with Crippen LogP contribution in [-0.4, -0.2) is 23.2 Å². The fourth-order valence-corrected chi connectivity index (χ4v) is 3.48. The van der Waals surface area contributed by atoms with Crippen LogP contribution in [0.1, 0.15) is 11.1 Å². The van der Waals surface area contributed by atoms with Gasteiger partial charge < -0.3 is 0 Å². The number of aryl methyl sites for hydroxylation is 1. The van der Waals surface area contributed by atoms with E-state index < -0.39 is 10.0 Å². The molecule has 0 atom stereocenters. The van der Waals surface area contributed by atoms with Crippen molar-refractivity contribution in [3.63, 3.8) is 0 Å². The van der Waals surface area contributed by atoms with E-state index in [1.165, 1.54) is 12.1 Å². The zero-order valence-corrected chi connectivity index (χ0v) is 14.2. The quantitative estimate of drug-likeness (QED) is 0.754. The van der Waals surface area contributed by atoms with Gasteiger partial charge in [-0.25, -0.2) is 13.1 Å². The van der Waals surface area contributed by atoms with Gasteiger partial charge in [0, 0.05) is 31.5 Å². The highest BCUT2D eigenvalue weighted by Gasteiger charge is 2.17. The molecule has 8 heteroatoms. The second-order valence-corrected chi connectivity index (χ2v) is 7.12. The Kier molecular flexibility index (Phi) is 4.61. The first-order chi connectivity index (χ1) is 12.0. The minimum atomic E-state index is -3.77. The molecular formula is C17H15N5O2S. The molecule has 1 aromatic carbocycles. The summed E-state index contributed by atoms with van der Waals surface area (Å²) in [6, 6.07) is 11.6. The predicted octanol–water partition coefficient (Wildman–Crippen LogP) is 1.83. The molecule has 0 spiro atoms. The van der Waals surface area contributed by atoms with Crippen LogP contribution < -0.4 is 4.72 Å². The zero-order valence-electron chi connectivity index (χ0n) is 13.4. The summed E-state index contributed by atoms with van der Waals surface area (Å²) in [5, 5.41) is 13.1. The van der Waals surface area contributed by atoms with Crippen molar-refractivity contribution in [2.75, 3.05) is 0 Å². The van der Waals surface area contributed by atoms with Gasteiger partial charge in [0.1, 0.15) is 6.07 Å². The van der Waals surface area contributed by atoms with Gasteiger partial charge in [-0.15, -0.1) is 0 Å². The molecule has 0 fully saturated rings. The average Bonchev–Trinajstić information content (AvgIpc) is 3.07. The summed E-state index contributed by atoms with van der Waals surface area (Å²) in [5.74, 6) is 0. The van der Waals surface area contributed by atoms with E-state index in [2.05, 4.69) is 14.8 Å². The van der Waals surface area contributed by atoms with Crippen LogP contribution in [-0.2, 0) is 23.6 Å². The van der Waals surface area contributed by atoms with Crippen LogP contribution in [0.3, 0.4) is 0 Å². The number of aromatic nitrogens is 3. The molecule has 2 heterocycles. The molecule has 0 unspecified atom stereocenters. The number of sulfonamides is 1.